The van der Waals surface area contributed by atoms with Gasteiger partial charge in [0.2, 0.25) is 5.91 Å². The van der Waals surface area contributed by atoms with E-state index in [1.807, 2.05) is 0 Å². The molecule has 2 bridgehead atoms. The summed E-state index contributed by atoms with van der Waals surface area (Å²) in [6.45, 7) is 3.89. The van der Waals surface area contributed by atoms with Crippen molar-refractivity contribution >= 4 is 17.7 Å². The topological polar surface area (TPSA) is 77.2 Å². The van der Waals surface area contributed by atoms with Crippen LogP contribution in [-0.2, 0) is 4.79 Å². The second kappa shape index (κ2) is 8.73. The van der Waals surface area contributed by atoms with Crippen molar-refractivity contribution in [3.8, 4) is 5.75 Å². The first-order chi connectivity index (χ1) is 14.0. The van der Waals surface area contributed by atoms with Gasteiger partial charge in [0.25, 0.3) is 11.1 Å². The standard InChI is InChI=1S/C21H26FN3O3S/c1-12(18-10-14-3-4-15(18)9-14)23-19(26)11-29-21-25-24-20(28-21)13(2)27-17-7-5-16(22)6-8-17/h5-8,12-15,18H,3-4,9-11H2,1-2H3,(H,23,26). The van der Waals surface area contributed by atoms with Gasteiger partial charge in [0.15, 0.2) is 6.10 Å². The summed E-state index contributed by atoms with van der Waals surface area (Å²) in [6, 6.07) is 5.95. The van der Waals surface area contributed by atoms with Crippen LogP contribution in [0.3, 0.4) is 0 Å². The maximum atomic E-state index is 13.0. The van der Waals surface area contributed by atoms with Crippen molar-refractivity contribution < 1.29 is 18.3 Å². The third-order valence-corrected chi connectivity index (χ3v) is 6.87. The van der Waals surface area contributed by atoms with E-state index in [0.717, 1.165) is 11.8 Å². The van der Waals surface area contributed by atoms with E-state index in [2.05, 4.69) is 22.4 Å². The van der Waals surface area contributed by atoms with Gasteiger partial charge in [-0.15, -0.1) is 10.2 Å². The van der Waals surface area contributed by atoms with Crippen LogP contribution in [0.5, 0.6) is 5.75 Å². The summed E-state index contributed by atoms with van der Waals surface area (Å²) in [6.07, 6.45) is 4.78. The van der Waals surface area contributed by atoms with Gasteiger partial charge in [-0.1, -0.05) is 18.2 Å². The second-order valence-electron chi connectivity index (χ2n) is 8.10. The predicted octanol–water partition coefficient (Wildman–Crippen LogP) is 4.38. The number of amides is 1. The second-order valence-corrected chi connectivity index (χ2v) is 9.03. The van der Waals surface area contributed by atoms with Crippen molar-refractivity contribution in [2.24, 2.45) is 17.8 Å². The summed E-state index contributed by atoms with van der Waals surface area (Å²) in [5.74, 6) is 2.99. The van der Waals surface area contributed by atoms with Crippen LogP contribution in [-0.4, -0.2) is 27.9 Å². The van der Waals surface area contributed by atoms with Crippen LogP contribution in [0.2, 0.25) is 0 Å². The average Bonchev–Trinajstić information content (AvgIpc) is 3.45. The van der Waals surface area contributed by atoms with Gasteiger partial charge in [-0.3, -0.25) is 4.79 Å². The molecule has 156 valence electrons. The summed E-state index contributed by atoms with van der Waals surface area (Å²) >= 11 is 1.22. The van der Waals surface area contributed by atoms with Crippen molar-refractivity contribution in [3.63, 3.8) is 0 Å². The molecule has 2 aliphatic carbocycles. The molecule has 2 aliphatic rings. The van der Waals surface area contributed by atoms with Crippen LogP contribution in [0, 0.1) is 23.6 Å². The fraction of sp³-hybridized carbons (Fsp3) is 0.571. The molecule has 1 amide bonds. The number of hydrogen-bond donors (Lipinski definition) is 1. The number of ether oxygens (including phenoxy) is 1. The van der Waals surface area contributed by atoms with E-state index in [1.54, 1.807) is 19.1 Å². The van der Waals surface area contributed by atoms with Crippen molar-refractivity contribution in [1.82, 2.24) is 15.5 Å². The number of rotatable bonds is 8. The van der Waals surface area contributed by atoms with Crippen molar-refractivity contribution in [3.05, 3.63) is 36.0 Å². The Bertz CT molecular complexity index is 844. The van der Waals surface area contributed by atoms with Crippen LogP contribution in [0.1, 0.15) is 51.5 Å². The first kappa shape index (κ1) is 20.2. The van der Waals surface area contributed by atoms with E-state index >= 15 is 0 Å². The van der Waals surface area contributed by atoms with Crippen LogP contribution >= 0.6 is 11.8 Å². The lowest BCUT2D eigenvalue weighted by Gasteiger charge is -2.28. The Labute approximate surface area is 174 Å². The number of hydrogen-bond acceptors (Lipinski definition) is 6. The lowest BCUT2D eigenvalue weighted by Crippen LogP contribution is -2.40. The van der Waals surface area contributed by atoms with Crippen LogP contribution in [0.25, 0.3) is 0 Å². The van der Waals surface area contributed by atoms with Gasteiger partial charge in [-0.05, 0) is 75.1 Å². The molecule has 1 heterocycles. The normalized spacial score (nSPS) is 25.0. The lowest BCUT2D eigenvalue weighted by molar-refractivity contribution is -0.119. The largest absolute Gasteiger partial charge is 0.481 e. The minimum absolute atomic E-state index is 0.0133. The molecule has 0 radical (unpaired) electrons. The van der Waals surface area contributed by atoms with E-state index in [9.17, 15) is 9.18 Å². The Morgan fingerprint density at radius 2 is 2.07 bits per heavy atom. The number of aromatic nitrogens is 2. The van der Waals surface area contributed by atoms with Gasteiger partial charge in [0.1, 0.15) is 11.6 Å². The zero-order valence-electron chi connectivity index (χ0n) is 16.6. The monoisotopic (exact) mass is 419 g/mol. The zero-order valence-corrected chi connectivity index (χ0v) is 17.5. The number of thioether (sulfide) groups is 1. The highest BCUT2D eigenvalue weighted by atomic mass is 32.2. The number of benzene rings is 1. The number of nitrogens with one attached hydrogen (secondary N) is 1. The van der Waals surface area contributed by atoms with Gasteiger partial charge >= 0.3 is 0 Å². The molecule has 5 atom stereocenters. The van der Waals surface area contributed by atoms with Crippen molar-refractivity contribution in [2.75, 3.05) is 5.75 Å². The smallest absolute Gasteiger partial charge is 0.277 e. The summed E-state index contributed by atoms with van der Waals surface area (Å²) in [5.41, 5.74) is 0. The van der Waals surface area contributed by atoms with Crippen molar-refractivity contribution in [1.29, 1.82) is 0 Å². The van der Waals surface area contributed by atoms with Gasteiger partial charge < -0.3 is 14.5 Å². The molecule has 2 aromatic rings. The molecule has 1 N–H and O–H groups in total. The van der Waals surface area contributed by atoms with Gasteiger partial charge in [0, 0.05) is 6.04 Å². The highest BCUT2D eigenvalue weighted by Crippen LogP contribution is 2.49. The maximum Gasteiger partial charge on any atom is 0.277 e. The summed E-state index contributed by atoms with van der Waals surface area (Å²) < 4.78 is 24.2. The van der Waals surface area contributed by atoms with E-state index in [4.69, 9.17) is 9.15 Å². The maximum absolute atomic E-state index is 13.0. The number of fused-ring (bicyclic) bond motifs is 2. The number of nitrogens with zero attached hydrogens (tertiary/aromatic N) is 2. The molecular formula is C21H26FN3O3S. The Balaban J connectivity index is 1.23. The molecule has 8 heteroatoms. The SMILES string of the molecule is CC(Oc1ccc(F)cc1)c1nnc(SCC(=O)NC(C)C2CC3CCC2C3)o1. The van der Waals surface area contributed by atoms with Gasteiger partial charge in [0.05, 0.1) is 5.75 Å². The average molecular weight is 420 g/mol. The molecule has 0 aliphatic heterocycles. The fourth-order valence-electron chi connectivity index (χ4n) is 4.65. The number of carbonyl (C=O) groups is 1. The molecule has 5 unspecified atom stereocenters. The molecule has 4 rings (SSSR count). The number of halogens is 1. The van der Waals surface area contributed by atoms with Crippen LogP contribution in [0.4, 0.5) is 4.39 Å². The summed E-state index contributed by atoms with van der Waals surface area (Å²) in [7, 11) is 0. The first-order valence-electron chi connectivity index (χ1n) is 10.2. The zero-order chi connectivity index (χ0) is 20.4. The molecule has 6 nitrogen and oxygen atoms in total. The molecule has 1 aromatic carbocycles. The van der Waals surface area contributed by atoms with E-state index < -0.39 is 6.10 Å². The Hall–Kier alpha value is -2.09. The van der Waals surface area contributed by atoms with Gasteiger partial charge in [-0.25, -0.2) is 4.39 Å². The molecular weight excluding hydrogens is 393 g/mol. The molecule has 1 aromatic heterocycles. The minimum Gasteiger partial charge on any atom is -0.481 e. The predicted molar refractivity (Wildman–Crippen MR) is 107 cm³/mol. The first-order valence-corrected chi connectivity index (χ1v) is 11.1. The quantitative estimate of drug-likeness (QED) is 0.640. The van der Waals surface area contributed by atoms with Gasteiger partial charge in [-0.2, -0.15) is 0 Å². The molecule has 29 heavy (non-hydrogen) atoms. The molecule has 0 spiro atoms. The number of carbonyl (C=O) groups excluding carboxylic acids is 1. The Morgan fingerprint density at radius 3 is 2.76 bits per heavy atom. The lowest BCUT2D eigenvalue weighted by atomic mass is 9.84. The molecule has 0 saturated heterocycles. The summed E-state index contributed by atoms with van der Waals surface area (Å²) in [4.78, 5) is 12.3. The highest BCUT2D eigenvalue weighted by molar-refractivity contribution is 7.99. The highest BCUT2D eigenvalue weighted by Gasteiger charge is 2.42. The van der Waals surface area contributed by atoms with Crippen molar-refractivity contribution in [2.45, 2.75) is 56.9 Å². The van der Waals surface area contributed by atoms with Crippen LogP contribution < -0.4 is 10.1 Å². The Kier molecular flexibility index (Phi) is 6.08. The Morgan fingerprint density at radius 1 is 1.28 bits per heavy atom. The minimum atomic E-state index is -0.478. The third-order valence-electron chi connectivity index (χ3n) is 6.05. The molecule has 2 saturated carbocycles. The molecule has 2 fully saturated rings. The summed E-state index contributed by atoms with van der Waals surface area (Å²) in [5, 5.41) is 11.4. The third kappa shape index (κ3) is 4.91. The van der Waals surface area contributed by atoms with E-state index in [0.29, 0.717) is 22.8 Å². The van der Waals surface area contributed by atoms with Crippen LogP contribution in [0.15, 0.2) is 33.9 Å². The van der Waals surface area contributed by atoms with E-state index in [-0.39, 0.29) is 23.5 Å². The fourth-order valence-corrected chi connectivity index (χ4v) is 5.23. The van der Waals surface area contributed by atoms with E-state index in [1.165, 1.54) is 49.6 Å².